The minimum absolute atomic E-state index is 0.00242. The van der Waals surface area contributed by atoms with E-state index in [2.05, 4.69) is 16.2 Å². The van der Waals surface area contributed by atoms with Gasteiger partial charge in [-0.1, -0.05) is 36.6 Å². The van der Waals surface area contributed by atoms with Crippen molar-refractivity contribution in [3.8, 4) is 11.4 Å². The molecule has 1 fully saturated rings. The van der Waals surface area contributed by atoms with Gasteiger partial charge in [0.05, 0.1) is 20.6 Å². The molecule has 3 heterocycles. The average molecular weight is 440 g/mol. The molecular formula is C22H21N3O3S2. The Morgan fingerprint density at radius 2 is 2.00 bits per heavy atom. The monoisotopic (exact) mass is 439 g/mol. The number of thiazole rings is 1. The number of benzene rings is 1. The summed E-state index contributed by atoms with van der Waals surface area (Å²) in [5, 5.41) is 8.89. The number of hydrogen-bond donors (Lipinski definition) is 0. The summed E-state index contributed by atoms with van der Waals surface area (Å²) in [6, 6.07) is 10.0. The highest BCUT2D eigenvalue weighted by atomic mass is 32.1. The Hall–Kier alpha value is -2.58. The van der Waals surface area contributed by atoms with Gasteiger partial charge in [-0.25, -0.2) is 4.98 Å². The number of carbonyl (C=O) groups is 1. The zero-order valence-electron chi connectivity index (χ0n) is 16.4. The van der Waals surface area contributed by atoms with Crippen LogP contribution in [0.4, 0.5) is 0 Å². The van der Waals surface area contributed by atoms with E-state index in [0.717, 1.165) is 52.9 Å². The second-order valence-corrected chi connectivity index (χ2v) is 9.59. The van der Waals surface area contributed by atoms with Gasteiger partial charge >= 0.3 is 5.97 Å². The van der Waals surface area contributed by atoms with E-state index >= 15 is 0 Å². The molecule has 0 amide bonds. The predicted molar refractivity (Wildman–Crippen MR) is 116 cm³/mol. The molecule has 0 atom stereocenters. The van der Waals surface area contributed by atoms with Crippen molar-refractivity contribution >= 4 is 38.9 Å². The fraction of sp³-hybridized carbons (Fsp3) is 0.364. The Morgan fingerprint density at radius 3 is 2.80 bits per heavy atom. The maximum atomic E-state index is 13.2. The molecule has 5 rings (SSSR count). The third-order valence-corrected chi connectivity index (χ3v) is 7.37. The molecule has 1 aliphatic carbocycles. The number of hydrogen-bond acceptors (Lipinski definition) is 8. The first-order chi connectivity index (χ1) is 14.7. The molecule has 154 valence electrons. The Morgan fingerprint density at radius 1 is 1.13 bits per heavy atom. The topological polar surface area (TPSA) is 78.1 Å². The molecule has 8 heteroatoms. The van der Waals surface area contributed by atoms with E-state index in [1.807, 2.05) is 35.0 Å². The molecule has 0 spiro atoms. The molecular weight excluding hydrogens is 418 g/mol. The largest absolute Gasteiger partial charge is 0.455 e. The minimum Gasteiger partial charge on any atom is -0.455 e. The summed E-state index contributed by atoms with van der Waals surface area (Å²) in [5.74, 6) is 0.649. The Kier molecular flexibility index (Phi) is 5.35. The van der Waals surface area contributed by atoms with Crippen LogP contribution in [0.2, 0.25) is 0 Å². The first-order valence-electron chi connectivity index (χ1n) is 10.1. The molecule has 0 aliphatic heterocycles. The normalized spacial score (nSPS) is 16.0. The van der Waals surface area contributed by atoms with Gasteiger partial charge in [0.1, 0.15) is 0 Å². The molecule has 0 bridgehead atoms. The van der Waals surface area contributed by atoms with Crippen LogP contribution >= 0.6 is 22.7 Å². The first-order valence-corrected chi connectivity index (χ1v) is 11.8. The molecule has 1 aromatic carbocycles. The zero-order chi connectivity index (χ0) is 20.4. The highest BCUT2D eigenvalue weighted by Crippen LogP contribution is 2.42. The quantitative estimate of drug-likeness (QED) is 0.362. The summed E-state index contributed by atoms with van der Waals surface area (Å²) in [7, 11) is 0. The van der Waals surface area contributed by atoms with Crippen molar-refractivity contribution in [2.75, 3.05) is 0 Å². The summed E-state index contributed by atoms with van der Waals surface area (Å²) in [6.45, 7) is -0.00242. The van der Waals surface area contributed by atoms with Crippen molar-refractivity contribution in [3.63, 3.8) is 0 Å². The zero-order valence-corrected chi connectivity index (χ0v) is 18.0. The SMILES string of the molecule is O=C(OCc1nc(-c2ccsc2)no1)C1(Cc2nc3ccccc3s2)CCCCC1. The van der Waals surface area contributed by atoms with E-state index in [9.17, 15) is 4.79 Å². The maximum absolute atomic E-state index is 13.2. The van der Waals surface area contributed by atoms with E-state index in [1.165, 1.54) is 0 Å². The Bertz CT molecular complexity index is 1110. The van der Waals surface area contributed by atoms with Gasteiger partial charge in [-0.3, -0.25) is 4.79 Å². The summed E-state index contributed by atoms with van der Waals surface area (Å²) in [6.07, 6.45) is 5.49. The van der Waals surface area contributed by atoms with Crippen molar-refractivity contribution in [3.05, 3.63) is 52.0 Å². The average Bonchev–Trinajstić information content (AvgIpc) is 3.52. The van der Waals surface area contributed by atoms with Crippen molar-refractivity contribution < 1.29 is 14.1 Å². The maximum Gasteiger partial charge on any atom is 0.313 e. The molecule has 3 aromatic heterocycles. The molecule has 0 radical (unpaired) electrons. The lowest BCUT2D eigenvalue weighted by atomic mass is 9.72. The molecule has 30 heavy (non-hydrogen) atoms. The Balaban J connectivity index is 1.31. The molecule has 4 aromatic rings. The summed E-state index contributed by atoms with van der Waals surface area (Å²) >= 11 is 3.23. The van der Waals surface area contributed by atoms with Crippen molar-refractivity contribution in [2.24, 2.45) is 5.41 Å². The smallest absolute Gasteiger partial charge is 0.313 e. The second-order valence-electron chi connectivity index (χ2n) is 7.69. The van der Waals surface area contributed by atoms with Crippen LogP contribution in [0, 0.1) is 5.41 Å². The third-order valence-electron chi connectivity index (χ3n) is 5.65. The van der Waals surface area contributed by atoms with E-state index in [4.69, 9.17) is 14.2 Å². The van der Waals surface area contributed by atoms with Gasteiger partial charge in [0.2, 0.25) is 5.82 Å². The Labute approximate surface area is 181 Å². The number of para-hydroxylation sites is 1. The van der Waals surface area contributed by atoms with Crippen LogP contribution in [0.5, 0.6) is 0 Å². The number of rotatable bonds is 6. The number of nitrogens with zero attached hydrogens (tertiary/aromatic N) is 3. The highest BCUT2D eigenvalue weighted by molar-refractivity contribution is 7.18. The van der Waals surface area contributed by atoms with Crippen LogP contribution in [-0.2, 0) is 22.6 Å². The van der Waals surface area contributed by atoms with Gasteiger partial charge in [-0.15, -0.1) is 11.3 Å². The summed E-state index contributed by atoms with van der Waals surface area (Å²) in [5.41, 5.74) is 1.37. The molecule has 6 nitrogen and oxygen atoms in total. The molecule has 1 saturated carbocycles. The van der Waals surface area contributed by atoms with E-state index in [-0.39, 0.29) is 12.6 Å². The van der Waals surface area contributed by atoms with Gasteiger partial charge in [-0.05, 0) is 36.4 Å². The van der Waals surface area contributed by atoms with Crippen LogP contribution in [-0.4, -0.2) is 21.1 Å². The molecule has 0 unspecified atom stereocenters. The van der Waals surface area contributed by atoms with Crippen LogP contribution in [0.15, 0.2) is 45.6 Å². The van der Waals surface area contributed by atoms with Gasteiger partial charge in [-0.2, -0.15) is 16.3 Å². The fourth-order valence-electron chi connectivity index (χ4n) is 4.07. The predicted octanol–water partition coefficient (Wildman–Crippen LogP) is 5.64. The number of esters is 1. The van der Waals surface area contributed by atoms with Gasteiger partial charge in [0, 0.05) is 17.4 Å². The third kappa shape index (κ3) is 3.89. The first kappa shape index (κ1) is 19.4. The second kappa shape index (κ2) is 8.28. The van der Waals surface area contributed by atoms with Crippen LogP contribution in [0.1, 0.15) is 43.0 Å². The van der Waals surface area contributed by atoms with E-state index in [0.29, 0.717) is 18.1 Å². The molecule has 1 aliphatic rings. The summed E-state index contributed by atoms with van der Waals surface area (Å²) in [4.78, 5) is 22.3. The van der Waals surface area contributed by atoms with E-state index < -0.39 is 5.41 Å². The van der Waals surface area contributed by atoms with Gasteiger partial charge < -0.3 is 9.26 Å². The van der Waals surface area contributed by atoms with Crippen molar-refractivity contribution in [2.45, 2.75) is 45.1 Å². The number of carbonyl (C=O) groups excluding carboxylic acids is 1. The molecule has 0 N–H and O–H groups in total. The lowest BCUT2D eigenvalue weighted by Gasteiger charge is -2.34. The standard InChI is InChI=1S/C22H21N3O3S2/c26-21(27-13-18-24-20(25-28-18)15-8-11-29-14-15)22(9-4-1-5-10-22)12-19-23-16-6-2-3-7-17(16)30-19/h2-3,6-8,11,14H,1,4-5,9-10,12-13H2. The van der Waals surface area contributed by atoms with Gasteiger partial charge in [0.25, 0.3) is 5.89 Å². The lowest BCUT2D eigenvalue weighted by molar-refractivity contribution is -0.160. The van der Waals surface area contributed by atoms with Crippen molar-refractivity contribution in [1.82, 2.24) is 15.1 Å². The molecule has 0 saturated heterocycles. The number of ether oxygens (including phenoxy) is 1. The fourth-order valence-corrected chi connectivity index (χ4v) is 5.81. The highest BCUT2D eigenvalue weighted by Gasteiger charge is 2.42. The lowest BCUT2D eigenvalue weighted by Crippen LogP contribution is -2.37. The van der Waals surface area contributed by atoms with Crippen LogP contribution in [0.3, 0.4) is 0 Å². The minimum atomic E-state index is -0.525. The number of aromatic nitrogens is 3. The van der Waals surface area contributed by atoms with Gasteiger partial charge in [0.15, 0.2) is 6.61 Å². The van der Waals surface area contributed by atoms with Crippen molar-refractivity contribution in [1.29, 1.82) is 0 Å². The van der Waals surface area contributed by atoms with E-state index in [1.54, 1.807) is 22.7 Å². The number of thiophene rings is 1. The number of fused-ring (bicyclic) bond motifs is 1. The van der Waals surface area contributed by atoms with Crippen LogP contribution in [0.25, 0.3) is 21.6 Å². The summed E-state index contributed by atoms with van der Waals surface area (Å²) < 4.78 is 12.1. The van der Waals surface area contributed by atoms with Crippen LogP contribution < -0.4 is 0 Å².